The Morgan fingerprint density at radius 1 is 1.09 bits per heavy atom. The Labute approximate surface area is 67.6 Å². The van der Waals surface area contributed by atoms with Crippen LogP contribution in [0.15, 0.2) is 0 Å². The third-order valence-electron chi connectivity index (χ3n) is 1.10. The van der Waals surface area contributed by atoms with Crippen LogP contribution in [0.4, 0.5) is 0 Å². The molecule has 2 unspecified atom stereocenters. The highest BCUT2D eigenvalue weighted by atomic mass is 31.0. The molecule has 0 saturated carbocycles. The van der Waals surface area contributed by atoms with E-state index < -0.39 is 11.8 Å². The molecule has 0 fully saturated rings. The average Bonchev–Trinajstić information content (AvgIpc) is 2.00. The zero-order valence-corrected chi connectivity index (χ0v) is 6.94. The van der Waals surface area contributed by atoms with Gasteiger partial charge >= 0.3 is 0 Å². The molecule has 0 radical (unpaired) electrons. The maximum Gasteiger partial charge on any atom is 0.149 e. The first kappa shape index (κ1) is 12.5. The van der Waals surface area contributed by atoms with E-state index in [-0.39, 0.29) is 5.48 Å². The van der Waals surface area contributed by atoms with Crippen LogP contribution in [0, 0.1) is 45.8 Å². The van der Waals surface area contributed by atoms with E-state index in [2.05, 4.69) is 9.24 Å². The van der Waals surface area contributed by atoms with Gasteiger partial charge in [0.1, 0.15) is 5.92 Å². The van der Waals surface area contributed by atoms with Gasteiger partial charge in [0.2, 0.25) is 0 Å². The molecule has 0 saturated heterocycles. The van der Waals surface area contributed by atoms with Gasteiger partial charge in [0.25, 0.3) is 0 Å². The summed E-state index contributed by atoms with van der Waals surface area (Å²) >= 11 is 0. The molecule has 11 heavy (non-hydrogen) atoms. The number of nitriles is 3. The predicted molar refractivity (Wildman–Crippen MR) is 42.0 cm³/mol. The van der Waals surface area contributed by atoms with Crippen molar-refractivity contribution < 1.29 is 5.48 Å². The molecule has 5 heteroatoms. The molecule has 0 bridgehead atoms. The van der Waals surface area contributed by atoms with Crippen molar-refractivity contribution in [1.82, 2.24) is 0 Å². The summed E-state index contributed by atoms with van der Waals surface area (Å²) in [4.78, 5) is 0. The molecule has 0 heterocycles. The van der Waals surface area contributed by atoms with E-state index in [4.69, 9.17) is 15.8 Å². The SMILES string of the molecule is N#CC(C#N)C(C#N)CP.O. The second-order valence-corrected chi connectivity index (χ2v) is 2.18. The Morgan fingerprint density at radius 2 is 1.55 bits per heavy atom. The van der Waals surface area contributed by atoms with Crippen molar-refractivity contribution in [3.63, 3.8) is 0 Å². The second-order valence-electron chi connectivity index (χ2n) is 1.71. The maximum atomic E-state index is 8.39. The molecule has 0 aliphatic carbocycles. The highest BCUT2D eigenvalue weighted by molar-refractivity contribution is 7.16. The standard InChI is InChI=1S/C6H6N3P.H2O/c7-1-5(2-8)6(3-9)4-10;/h5-6H,4,10H2;1H2. The smallest absolute Gasteiger partial charge is 0.149 e. The fourth-order valence-electron chi connectivity index (χ4n) is 0.472. The van der Waals surface area contributed by atoms with Gasteiger partial charge in [-0.2, -0.15) is 15.8 Å². The predicted octanol–water partition coefficient (Wildman–Crippen LogP) is -0.160. The Morgan fingerprint density at radius 3 is 1.64 bits per heavy atom. The number of hydrogen-bond donors (Lipinski definition) is 0. The van der Waals surface area contributed by atoms with Gasteiger partial charge < -0.3 is 5.48 Å². The summed E-state index contributed by atoms with van der Waals surface area (Å²) in [6.07, 6.45) is 0.474. The molecule has 0 rings (SSSR count). The normalized spacial score (nSPS) is 10.1. The third-order valence-corrected chi connectivity index (χ3v) is 1.61. The molecular formula is C6H8N3OP. The molecule has 0 amide bonds. The minimum absolute atomic E-state index is 0. The van der Waals surface area contributed by atoms with Gasteiger partial charge in [0.05, 0.1) is 24.1 Å². The average molecular weight is 169 g/mol. The first-order valence-corrected chi connectivity index (χ1v) is 3.50. The van der Waals surface area contributed by atoms with Crippen LogP contribution in [-0.2, 0) is 0 Å². The van der Waals surface area contributed by atoms with Gasteiger partial charge in [0.15, 0.2) is 0 Å². The highest BCUT2D eigenvalue weighted by Gasteiger charge is 2.17. The van der Waals surface area contributed by atoms with Crippen LogP contribution in [0.1, 0.15) is 0 Å². The van der Waals surface area contributed by atoms with Crippen molar-refractivity contribution in [1.29, 1.82) is 15.8 Å². The van der Waals surface area contributed by atoms with Gasteiger partial charge in [-0.3, -0.25) is 0 Å². The Hall–Kier alpha value is -1.14. The van der Waals surface area contributed by atoms with Crippen molar-refractivity contribution >= 4 is 9.24 Å². The monoisotopic (exact) mass is 169 g/mol. The van der Waals surface area contributed by atoms with Crippen LogP contribution in [0.25, 0.3) is 0 Å². The quantitative estimate of drug-likeness (QED) is 0.536. The van der Waals surface area contributed by atoms with Crippen LogP contribution in [0.2, 0.25) is 0 Å². The number of nitrogens with zero attached hydrogens (tertiary/aromatic N) is 3. The van der Waals surface area contributed by atoms with Gasteiger partial charge in [-0.05, 0) is 6.16 Å². The highest BCUT2D eigenvalue weighted by Crippen LogP contribution is 2.11. The molecule has 0 aromatic heterocycles. The lowest BCUT2D eigenvalue weighted by atomic mass is 9.99. The lowest BCUT2D eigenvalue weighted by Crippen LogP contribution is -2.10. The van der Waals surface area contributed by atoms with Crippen molar-refractivity contribution in [2.24, 2.45) is 11.8 Å². The molecule has 4 nitrogen and oxygen atoms in total. The van der Waals surface area contributed by atoms with Crippen LogP contribution < -0.4 is 0 Å². The fourth-order valence-corrected chi connectivity index (χ4v) is 0.850. The topological polar surface area (TPSA) is 103 Å². The maximum absolute atomic E-state index is 8.39. The molecule has 0 spiro atoms. The second kappa shape index (κ2) is 6.97. The van der Waals surface area contributed by atoms with Crippen molar-refractivity contribution in [3.8, 4) is 18.2 Å². The largest absolute Gasteiger partial charge is 0.412 e. The van der Waals surface area contributed by atoms with E-state index >= 15 is 0 Å². The molecule has 2 atom stereocenters. The summed E-state index contributed by atoms with van der Waals surface area (Å²) in [7, 11) is 2.34. The number of hydrogen-bond acceptors (Lipinski definition) is 3. The van der Waals surface area contributed by atoms with Crippen LogP contribution in [0.5, 0.6) is 0 Å². The number of rotatable bonds is 2. The fraction of sp³-hybridized carbons (Fsp3) is 0.500. The molecular weight excluding hydrogens is 161 g/mol. The Kier molecular flexibility index (Phi) is 7.94. The lowest BCUT2D eigenvalue weighted by molar-refractivity contribution is 0.658. The molecule has 2 N–H and O–H groups in total. The molecule has 0 aliphatic rings. The lowest BCUT2D eigenvalue weighted by Gasteiger charge is -2.02. The van der Waals surface area contributed by atoms with E-state index in [0.29, 0.717) is 6.16 Å². The molecule has 0 aromatic rings. The van der Waals surface area contributed by atoms with Crippen molar-refractivity contribution in [2.75, 3.05) is 6.16 Å². The van der Waals surface area contributed by atoms with Crippen LogP contribution in [-0.4, -0.2) is 11.6 Å². The van der Waals surface area contributed by atoms with Crippen LogP contribution >= 0.6 is 9.24 Å². The van der Waals surface area contributed by atoms with Gasteiger partial charge in [-0.15, -0.1) is 9.24 Å². The molecule has 0 aromatic carbocycles. The summed E-state index contributed by atoms with van der Waals surface area (Å²) in [6.45, 7) is 0. The first-order valence-electron chi connectivity index (χ1n) is 2.69. The van der Waals surface area contributed by atoms with Gasteiger partial charge in [-0.1, -0.05) is 0 Å². The first-order chi connectivity index (χ1) is 4.79. The summed E-state index contributed by atoms with van der Waals surface area (Å²) in [5, 5.41) is 25.0. The molecule has 0 aliphatic heterocycles. The zero-order valence-electron chi connectivity index (χ0n) is 5.78. The zero-order chi connectivity index (χ0) is 7.98. The van der Waals surface area contributed by atoms with E-state index in [1.165, 1.54) is 0 Å². The van der Waals surface area contributed by atoms with Gasteiger partial charge in [-0.25, -0.2) is 0 Å². The van der Waals surface area contributed by atoms with E-state index in [1.54, 1.807) is 12.1 Å². The van der Waals surface area contributed by atoms with E-state index in [9.17, 15) is 0 Å². The van der Waals surface area contributed by atoms with E-state index in [0.717, 1.165) is 0 Å². The summed E-state index contributed by atoms with van der Waals surface area (Å²) in [6, 6.07) is 5.40. The van der Waals surface area contributed by atoms with Crippen molar-refractivity contribution in [3.05, 3.63) is 0 Å². The summed E-state index contributed by atoms with van der Waals surface area (Å²) in [5.74, 6) is -1.26. The Bertz CT molecular complexity index is 207. The Balaban J connectivity index is 0. The van der Waals surface area contributed by atoms with Crippen LogP contribution in [0.3, 0.4) is 0 Å². The minimum Gasteiger partial charge on any atom is -0.412 e. The van der Waals surface area contributed by atoms with E-state index in [1.807, 2.05) is 6.07 Å². The van der Waals surface area contributed by atoms with Gasteiger partial charge in [0, 0.05) is 0 Å². The third kappa shape index (κ3) is 3.54. The van der Waals surface area contributed by atoms with Crippen molar-refractivity contribution in [2.45, 2.75) is 0 Å². The molecule has 58 valence electrons. The minimum atomic E-state index is -0.789. The summed E-state index contributed by atoms with van der Waals surface area (Å²) < 4.78 is 0. The summed E-state index contributed by atoms with van der Waals surface area (Å²) in [5.41, 5.74) is 0.